The second-order valence-corrected chi connectivity index (χ2v) is 7.90. The van der Waals surface area contributed by atoms with E-state index in [-0.39, 0.29) is 19.2 Å². The quantitative estimate of drug-likeness (QED) is 0.416. The summed E-state index contributed by atoms with van der Waals surface area (Å²) in [6.45, 7) is 1.92. The van der Waals surface area contributed by atoms with Crippen LogP contribution in [0.2, 0.25) is 0 Å². The van der Waals surface area contributed by atoms with E-state index in [2.05, 4.69) is 94.2 Å². The van der Waals surface area contributed by atoms with Gasteiger partial charge in [-0.2, -0.15) is 0 Å². The summed E-state index contributed by atoms with van der Waals surface area (Å²) >= 11 is 0.0833. The third-order valence-corrected chi connectivity index (χ3v) is 5.91. The topological polar surface area (TPSA) is 0 Å². The largest absolute Gasteiger partial charge is 0.141 e. The molecule has 25 heavy (non-hydrogen) atoms. The summed E-state index contributed by atoms with van der Waals surface area (Å²) < 4.78 is 3.36. The summed E-state index contributed by atoms with van der Waals surface area (Å²) in [7, 11) is 2.42. The van der Waals surface area contributed by atoms with Crippen molar-refractivity contribution in [2.24, 2.45) is 0 Å². The van der Waals surface area contributed by atoms with Crippen molar-refractivity contribution in [2.45, 2.75) is 12.8 Å². The van der Waals surface area contributed by atoms with E-state index in [0.29, 0.717) is 0 Å². The first-order chi connectivity index (χ1) is 12.4. The first-order valence-corrected chi connectivity index (χ1v) is 11.3. The summed E-state index contributed by atoms with van der Waals surface area (Å²) in [5.74, 6) is 0. The second-order valence-electron chi connectivity index (χ2n) is 5.51. The Balaban J connectivity index is 0.000000165. The molecule has 2 heteroatoms. The first kappa shape index (κ1) is 19.9. The molecular formula is C23H25PTi. The molecule has 0 fully saturated rings. The monoisotopic (exact) mass is 380 g/mol. The van der Waals surface area contributed by atoms with Gasteiger partial charge in [-0.1, -0.05) is 67.3 Å². The Bertz CT molecular complexity index is 675. The minimum atomic E-state index is 0.0833. The Hall–Kier alpha value is -1.46. The zero-order chi connectivity index (χ0) is 17.7. The van der Waals surface area contributed by atoms with Gasteiger partial charge in [-0.25, -0.2) is 0 Å². The van der Waals surface area contributed by atoms with Gasteiger partial charge >= 0.3 is 76.2 Å². The Morgan fingerprint density at radius 2 is 1.04 bits per heavy atom. The van der Waals surface area contributed by atoms with Crippen molar-refractivity contribution >= 4 is 9.24 Å². The van der Waals surface area contributed by atoms with Crippen LogP contribution in [0.5, 0.6) is 0 Å². The van der Waals surface area contributed by atoms with Crippen LogP contribution >= 0.6 is 9.24 Å². The minimum Gasteiger partial charge on any atom is -0.141 e. The van der Waals surface area contributed by atoms with Crippen molar-refractivity contribution < 1.29 is 19.2 Å². The van der Waals surface area contributed by atoms with Crippen LogP contribution in [0.4, 0.5) is 0 Å². The van der Waals surface area contributed by atoms with Crippen LogP contribution in [0.25, 0.3) is 11.1 Å². The SMILES string of the molecule is C1=CC[C]([Ti][C]2=CC=CC2)=C1.CP.c1ccc(-c2ccccc2)cc1. The molecule has 0 saturated carbocycles. The van der Waals surface area contributed by atoms with Gasteiger partial charge in [0, 0.05) is 0 Å². The molecule has 4 rings (SSSR count). The summed E-state index contributed by atoms with van der Waals surface area (Å²) in [6.07, 6.45) is 15.9. The van der Waals surface area contributed by atoms with Crippen molar-refractivity contribution in [3.8, 4) is 11.1 Å². The Kier molecular flexibility index (Phi) is 9.53. The van der Waals surface area contributed by atoms with E-state index >= 15 is 0 Å². The Morgan fingerprint density at radius 3 is 1.36 bits per heavy atom. The minimum absolute atomic E-state index is 0.0833. The predicted octanol–water partition coefficient (Wildman–Crippen LogP) is 6.60. The van der Waals surface area contributed by atoms with Gasteiger partial charge in [0.2, 0.25) is 0 Å². The number of hydrogen-bond donors (Lipinski definition) is 0. The molecule has 0 radical (unpaired) electrons. The van der Waals surface area contributed by atoms with Gasteiger partial charge in [0.05, 0.1) is 0 Å². The van der Waals surface area contributed by atoms with Gasteiger partial charge in [0.25, 0.3) is 0 Å². The first-order valence-electron chi connectivity index (χ1n) is 8.58. The van der Waals surface area contributed by atoms with Crippen molar-refractivity contribution in [1.29, 1.82) is 0 Å². The van der Waals surface area contributed by atoms with Crippen LogP contribution in [0.1, 0.15) is 12.8 Å². The van der Waals surface area contributed by atoms with Crippen LogP contribution in [0, 0.1) is 0 Å². The number of benzene rings is 2. The van der Waals surface area contributed by atoms with Crippen molar-refractivity contribution in [1.82, 2.24) is 0 Å². The van der Waals surface area contributed by atoms with Crippen LogP contribution in [0.3, 0.4) is 0 Å². The van der Waals surface area contributed by atoms with E-state index in [1.165, 1.54) is 24.0 Å². The summed E-state index contributed by atoms with van der Waals surface area (Å²) in [6, 6.07) is 20.8. The molecule has 0 N–H and O–H groups in total. The molecule has 1 atom stereocenters. The maximum absolute atomic E-state index is 2.42. The molecule has 0 nitrogen and oxygen atoms in total. The second kappa shape index (κ2) is 12.0. The molecule has 1 unspecified atom stereocenters. The fraction of sp³-hybridized carbons (Fsp3) is 0.130. The van der Waals surface area contributed by atoms with E-state index in [9.17, 15) is 0 Å². The summed E-state index contributed by atoms with van der Waals surface area (Å²) in [4.78, 5) is 0. The van der Waals surface area contributed by atoms with Crippen molar-refractivity contribution in [3.63, 3.8) is 0 Å². The predicted molar refractivity (Wildman–Crippen MR) is 111 cm³/mol. The molecule has 0 spiro atoms. The number of rotatable bonds is 3. The van der Waals surface area contributed by atoms with Gasteiger partial charge in [-0.05, 0) is 11.1 Å². The Morgan fingerprint density at radius 1 is 0.640 bits per heavy atom. The smallest absolute Gasteiger partial charge is 0.0184 e. The third kappa shape index (κ3) is 7.12. The van der Waals surface area contributed by atoms with E-state index in [1.807, 2.05) is 18.8 Å². The number of allylic oxidation sites excluding steroid dienone is 8. The molecule has 0 saturated heterocycles. The maximum atomic E-state index is 2.42. The average Bonchev–Trinajstić information content (AvgIpc) is 3.40. The molecular weight excluding hydrogens is 355 g/mol. The van der Waals surface area contributed by atoms with E-state index in [1.54, 1.807) is 7.76 Å². The molecule has 2 aromatic carbocycles. The van der Waals surface area contributed by atoms with Crippen molar-refractivity contribution in [2.75, 3.05) is 6.66 Å². The van der Waals surface area contributed by atoms with Gasteiger partial charge in [0.15, 0.2) is 0 Å². The number of hydrogen-bond acceptors (Lipinski definition) is 0. The van der Waals surface area contributed by atoms with E-state index < -0.39 is 0 Å². The molecule has 2 aromatic rings. The van der Waals surface area contributed by atoms with Crippen LogP contribution in [-0.2, 0) is 19.2 Å². The molecule has 0 amide bonds. The summed E-state index contributed by atoms with van der Waals surface area (Å²) in [5, 5.41) is 0. The molecule has 2 aliphatic carbocycles. The molecule has 126 valence electrons. The molecule has 0 bridgehead atoms. The van der Waals surface area contributed by atoms with E-state index in [0.717, 1.165) is 0 Å². The van der Waals surface area contributed by atoms with Crippen molar-refractivity contribution in [3.05, 3.63) is 105 Å². The van der Waals surface area contributed by atoms with Gasteiger partial charge in [0.1, 0.15) is 0 Å². The molecule has 0 heterocycles. The maximum Gasteiger partial charge on any atom is -0.0184 e. The van der Waals surface area contributed by atoms with Gasteiger partial charge in [-0.3, -0.25) is 0 Å². The average molecular weight is 380 g/mol. The fourth-order valence-electron chi connectivity index (χ4n) is 2.55. The van der Waals surface area contributed by atoms with Gasteiger partial charge in [-0.15, -0.1) is 9.24 Å². The van der Waals surface area contributed by atoms with Crippen LogP contribution in [-0.4, -0.2) is 6.66 Å². The standard InChI is InChI=1S/C12H10.2C5H5.CH5P.Ti/c1-3-7-11(8-4-1)12-9-5-2-6-10-12;2*1-2-4-5-3-1;1-2;/h1-10H;2*1-3H,4H2;2H2,1H3;. The zero-order valence-corrected chi connectivity index (χ0v) is 17.4. The third-order valence-electron chi connectivity index (χ3n) is 3.74. The van der Waals surface area contributed by atoms with Gasteiger partial charge < -0.3 is 0 Å². The van der Waals surface area contributed by atoms with Crippen LogP contribution in [0.15, 0.2) is 105 Å². The zero-order valence-electron chi connectivity index (χ0n) is 14.7. The van der Waals surface area contributed by atoms with E-state index in [4.69, 9.17) is 0 Å². The molecule has 0 aliphatic heterocycles. The fourth-order valence-corrected chi connectivity index (χ4v) is 4.44. The molecule has 2 aliphatic rings. The molecule has 0 aromatic heterocycles. The van der Waals surface area contributed by atoms with Crippen LogP contribution < -0.4 is 0 Å². The Labute approximate surface area is 163 Å². The summed E-state index contributed by atoms with van der Waals surface area (Å²) in [5.41, 5.74) is 2.55. The normalized spacial score (nSPS) is 13.8.